The monoisotopic (exact) mass is 281 g/mol. The van der Waals surface area contributed by atoms with E-state index >= 15 is 0 Å². The summed E-state index contributed by atoms with van der Waals surface area (Å²) in [5.74, 6) is 6.56. The molecule has 3 aromatic rings. The fourth-order valence-corrected chi connectivity index (χ4v) is 1.94. The summed E-state index contributed by atoms with van der Waals surface area (Å²) in [5.41, 5.74) is 5.82. The average molecular weight is 281 g/mol. The molecule has 0 bridgehead atoms. The molecule has 0 amide bonds. The number of nitrogens with two attached hydrogens (primary N) is 1. The molecular formula is C14H15N7. The summed E-state index contributed by atoms with van der Waals surface area (Å²) in [7, 11) is 0. The van der Waals surface area contributed by atoms with Crippen LogP contribution in [0, 0.1) is 13.8 Å². The number of hydrogen-bond acceptors (Lipinski definition) is 6. The second-order valence-electron chi connectivity index (χ2n) is 4.61. The van der Waals surface area contributed by atoms with Crippen molar-refractivity contribution < 1.29 is 0 Å². The molecule has 0 atom stereocenters. The van der Waals surface area contributed by atoms with Crippen molar-refractivity contribution in [1.82, 2.24) is 25.0 Å². The lowest BCUT2D eigenvalue weighted by atomic mass is 10.2. The van der Waals surface area contributed by atoms with E-state index in [-0.39, 0.29) is 0 Å². The first kappa shape index (κ1) is 13.2. The molecule has 0 radical (unpaired) electrons. The molecular weight excluding hydrogens is 266 g/mol. The van der Waals surface area contributed by atoms with Gasteiger partial charge in [0.2, 0.25) is 0 Å². The number of nitrogens with zero attached hydrogens (tertiary/aromatic N) is 5. The largest absolute Gasteiger partial charge is 0.308 e. The van der Waals surface area contributed by atoms with Crippen LogP contribution >= 0.6 is 0 Å². The van der Waals surface area contributed by atoms with E-state index in [1.165, 1.54) is 0 Å². The zero-order valence-corrected chi connectivity index (χ0v) is 11.8. The average Bonchev–Trinajstić information content (AvgIpc) is 3.00. The van der Waals surface area contributed by atoms with Crippen molar-refractivity contribution in [3.63, 3.8) is 0 Å². The maximum atomic E-state index is 5.48. The fraction of sp³-hybridized carbons (Fsp3) is 0.143. The van der Waals surface area contributed by atoms with E-state index in [1.807, 2.05) is 44.2 Å². The lowest BCUT2D eigenvalue weighted by molar-refractivity contribution is 0.752. The summed E-state index contributed by atoms with van der Waals surface area (Å²) >= 11 is 0. The van der Waals surface area contributed by atoms with Gasteiger partial charge in [0.15, 0.2) is 11.5 Å². The zero-order chi connectivity index (χ0) is 14.8. The number of hydrogen-bond donors (Lipinski definition) is 2. The lowest BCUT2D eigenvalue weighted by Crippen LogP contribution is -2.12. The van der Waals surface area contributed by atoms with Gasteiger partial charge in [0, 0.05) is 11.3 Å². The topological polar surface area (TPSA) is 94.5 Å². The number of nitrogens with one attached hydrogen (secondary N) is 1. The lowest BCUT2D eigenvalue weighted by Gasteiger charge is -2.07. The van der Waals surface area contributed by atoms with Crippen LogP contribution in [0.25, 0.3) is 17.2 Å². The van der Waals surface area contributed by atoms with Crippen LogP contribution in [0.2, 0.25) is 0 Å². The smallest absolute Gasteiger partial charge is 0.184 e. The highest BCUT2D eigenvalue weighted by atomic mass is 15.5. The van der Waals surface area contributed by atoms with Crippen LogP contribution in [0.3, 0.4) is 0 Å². The fourth-order valence-electron chi connectivity index (χ4n) is 1.94. The van der Waals surface area contributed by atoms with Gasteiger partial charge in [-0.05, 0) is 26.0 Å². The molecule has 2 aromatic heterocycles. The van der Waals surface area contributed by atoms with E-state index < -0.39 is 0 Å². The van der Waals surface area contributed by atoms with E-state index in [0.717, 1.165) is 16.9 Å². The molecule has 0 fully saturated rings. The SMILES string of the molecule is Cc1nc(-c2cnn(-c3ccccc3)n2)nc(NN)c1C. The maximum absolute atomic E-state index is 5.48. The molecule has 3 rings (SSSR count). The minimum absolute atomic E-state index is 0.494. The molecule has 21 heavy (non-hydrogen) atoms. The Morgan fingerprint density at radius 3 is 2.57 bits per heavy atom. The Hall–Kier alpha value is -2.80. The second kappa shape index (κ2) is 5.29. The third-order valence-corrected chi connectivity index (χ3v) is 3.23. The highest BCUT2D eigenvalue weighted by Crippen LogP contribution is 2.19. The number of anilines is 1. The van der Waals surface area contributed by atoms with Crippen molar-refractivity contribution in [2.75, 3.05) is 5.43 Å². The number of nitrogen functional groups attached to an aromatic ring is 1. The third kappa shape index (κ3) is 2.46. The van der Waals surface area contributed by atoms with Gasteiger partial charge in [-0.3, -0.25) is 0 Å². The van der Waals surface area contributed by atoms with Gasteiger partial charge in [-0.1, -0.05) is 18.2 Å². The molecule has 1 aromatic carbocycles. The first-order valence-electron chi connectivity index (χ1n) is 6.49. The molecule has 0 spiro atoms. The number of hydrazine groups is 1. The van der Waals surface area contributed by atoms with E-state index in [2.05, 4.69) is 25.6 Å². The molecule has 0 aliphatic rings. The normalized spacial score (nSPS) is 10.6. The van der Waals surface area contributed by atoms with Crippen LogP contribution < -0.4 is 11.3 Å². The van der Waals surface area contributed by atoms with Gasteiger partial charge in [0.1, 0.15) is 5.82 Å². The van der Waals surface area contributed by atoms with E-state index in [9.17, 15) is 0 Å². The molecule has 0 saturated heterocycles. The minimum Gasteiger partial charge on any atom is -0.308 e. The first-order chi connectivity index (χ1) is 10.2. The number of para-hydroxylation sites is 1. The summed E-state index contributed by atoms with van der Waals surface area (Å²) in [6, 6.07) is 9.66. The maximum Gasteiger partial charge on any atom is 0.184 e. The van der Waals surface area contributed by atoms with Gasteiger partial charge >= 0.3 is 0 Å². The number of aryl methyl sites for hydroxylation is 1. The molecule has 0 saturated carbocycles. The van der Waals surface area contributed by atoms with E-state index in [0.29, 0.717) is 17.3 Å². The number of aromatic nitrogens is 5. The molecule has 0 unspecified atom stereocenters. The highest BCUT2D eigenvalue weighted by molar-refractivity contribution is 5.55. The van der Waals surface area contributed by atoms with Gasteiger partial charge in [-0.2, -0.15) is 9.90 Å². The molecule has 106 valence electrons. The van der Waals surface area contributed by atoms with Crippen molar-refractivity contribution in [2.24, 2.45) is 5.84 Å². The summed E-state index contributed by atoms with van der Waals surface area (Å²) in [4.78, 5) is 10.3. The second-order valence-corrected chi connectivity index (χ2v) is 4.61. The summed E-state index contributed by atoms with van der Waals surface area (Å²) in [5, 5.41) is 8.65. The van der Waals surface area contributed by atoms with Crippen LogP contribution in [0.5, 0.6) is 0 Å². The van der Waals surface area contributed by atoms with Crippen LogP contribution in [0.1, 0.15) is 11.3 Å². The van der Waals surface area contributed by atoms with Gasteiger partial charge in [0.25, 0.3) is 0 Å². The summed E-state index contributed by atoms with van der Waals surface area (Å²) in [6.45, 7) is 3.82. The Morgan fingerprint density at radius 2 is 1.86 bits per heavy atom. The van der Waals surface area contributed by atoms with Crippen LogP contribution in [-0.4, -0.2) is 25.0 Å². The van der Waals surface area contributed by atoms with E-state index in [4.69, 9.17) is 5.84 Å². The van der Waals surface area contributed by atoms with Gasteiger partial charge in [-0.25, -0.2) is 15.8 Å². The quantitative estimate of drug-likeness (QED) is 0.559. The predicted molar refractivity (Wildman–Crippen MR) is 79.7 cm³/mol. The standard InChI is InChI=1S/C14H15N7/c1-9-10(2)17-14(18-13(9)19-15)12-8-16-21(20-12)11-6-4-3-5-7-11/h3-8H,15H2,1-2H3,(H,17,18,19). The Morgan fingerprint density at radius 1 is 1.10 bits per heavy atom. The van der Waals surface area contributed by atoms with Gasteiger partial charge < -0.3 is 5.43 Å². The Bertz CT molecular complexity index is 764. The van der Waals surface area contributed by atoms with Crippen molar-refractivity contribution in [1.29, 1.82) is 0 Å². The zero-order valence-electron chi connectivity index (χ0n) is 11.8. The highest BCUT2D eigenvalue weighted by Gasteiger charge is 2.12. The number of benzene rings is 1. The molecule has 0 aliphatic carbocycles. The third-order valence-electron chi connectivity index (χ3n) is 3.23. The van der Waals surface area contributed by atoms with Crippen molar-refractivity contribution in [3.8, 4) is 17.2 Å². The first-order valence-corrected chi connectivity index (χ1v) is 6.49. The molecule has 7 heteroatoms. The van der Waals surface area contributed by atoms with E-state index in [1.54, 1.807) is 11.0 Å². The molecule has 2 heterocycles. The molecule has 3 N–H and O–H groups in total. The predicted octanol–water partition coefficient (Wildman–Crippen LogP) is 1.63. The number of rotatable bonds is 3. The summed E-state index contributed by atoms with van der Waals surface area (Å²) in [6.07, 6.45) is 1.64. The Balaban J connectivity index is 2.03. The summed E-state index contributed by atoms with van der Waals surface area (Å²) < 4.78 is 0. The van der Waals surface area contributed by atoms with Crippen LogP contribution in [0.4, 0.5) is 5.82 Å². The van der Waals surface area contributed by atoms with Crippen LogP contribution in [-0.2, 0) is 0 Å². The molecule has 7 nitrogen and oxygen atoms in total. The Kier molecular flexibility index (Phi) is 3.33. The van der Waals surface area contributed by atoms with Crippen molar-refractivity contribution >= 4 is 5.82 Å². The van der Waals surface area contributed by atoms with Gasteiger partial charge in [-0.15, -0.1) is 5.10 Å². The Labute approximate surface area is 121 Å². The minimum atomic E-state index is 0.494. The van der Waals surface area contributed by atoms with Crippen molar-refractivity contribution in [2.45, 2.75) is 13.8 Å². The van der Waals surface area contributed by atoms with Crippen molar-refractivity contribution in [3.05, 3.63) is 47.8 Å². The van der Waals surface area contributed by atoms with Crippen LogP contribution in [0.15, 0.2) is 36.5 Å². The van der Waals surface area contributed by atoms with Gasteiger partial charge in [0.05, 0.1) is 11.9 Å². The molecule has 0 aliphatic heterocycles.